The van der Waals surface area contributed by atoms with E-state index in [-0.39, 0.29) is 0 Å². The van der Waals surface area contributed by atoms with Crippen LogP contribution in [0, 0.1) is 13.8 Å². The highest BCUT2D eigenvalue weighted by Crippen LogP contribution is 2.26. The molecule has 1 atom stereocenters. The molecular weight excluding hydrogens is 271 g/mol. The van der Waals surface area contributed by atoms with E-state index in [0.717, 1.165) is 18.2 Å². The van der Waals surface area contributed by atoms with Gasteiger partial charge in [-0.2, -0.15) is 13.2 Å². The number of carbonyl (C=O) groups excluding carboxylic acids is 1. The summed E-state index contributed by atoms with van der Waals surface area (Å²) in [5.74, 6) is -0.759. The fraction of sp³-hybridized carbons (Fsp3) is 0.500. The van der Waals surface area contributed by atoms with Crippen LogP contribution in [0.5, 0.6) is 0 Å². The molecule has 1 unspecified atom stereocenters. The van der Waals surface area contributed by atoms with Crippen molar-refractivity contribution in [1.82, 2.24) is 5.32 Å². The van der Waals surface area contributed by atoms with Gasteiger partial charge in [-0.1, -0.05) is 18.2 Å². The number of aryl methyl sites for hydroxylation is 2. The molecule has 0 radical (unpaired) electrons. The first-order valence-electron chi connectivity index (χ1n) is 6.08. The topological polar surface area (TPSA) is 38.3 Å². The largest absolute Gasteiger partial charge is 0.467 e. The maximum Gasteiger partial charge on any atom is 0.401 e. The number of hydrogen-bond acceptors (Lipinski definition) is 3. The van der Waals surface area contributed by atoms with Crippen molar-refractivity contribution in [3.8, 4) is 0 Å². The summed E-state index contributed by atoms with van der Waals surface area (Å²) < 4.78 is 41.8. The van der Waals surface area contributed by atoms with Crippen molar-refractivity contribution in [1.29, 1.82) is 0 Å². The number of methoxy groups -OCH3 is 1. The van der Waals surface area contributed by atoms with Gasteiger partial charge in [-0.05, 0) is 37.5 Å². The fourth-order valence-electron chi connectivity index (χ4n) is 1.83. The molecule has 0 amide bonds. The lowest BCUT2D eigenvalue weighted by Crippen LogP contribution is -2.50. The van der Waals surface area contributed by atoms with Crippen molar-refractivity contribution in [2.75, 3.05) is 13.7 Å². The number of benzene rings is 1. The monoisotopic (exact) mass is 289 g/mol. The van der Waals surface area contributed by atoms with E-state index in [1.54, 1.807) is 18.2 Å². The Morgan fingerprint density at radius 2 is 1.85 bits per heavy atom. The molecule has 0 saturated carbocycles. The van der Waals surface area contributed by atoms with Gasteiger partial charge in [0.2, 0.25) is 0 Å². The molecule has 112 valence electrons. The Bertz CT molecular complexity index is 500. The van der Waals surface area contributed by atoms with Crippen molar-refractivity contribution in [2.24, 2.45) is 0 Å². The summed E-state index contributed by atoms with van der Waals surface area (Å²) >= 11 is 0. The van der Waals surface area contributed by atoms with Crippen LogP contribution in [-0.2, 0) is 15.1 Å². The van der Waals surface area contributed by atoms with Crippen LogP contribution in [0.4, 0.5) is 13.2 Å². The van der Waals surface area contributed by atoms with E-state index in [1.165, 1.54) is 6.92 Å². The Balaban J connectivity index is 3.16. The zero-order chi connectivity index (χ0) is 15.6. The number of esters is 1. The number of alkyl halides is 3. The average molecular weight is 289 g/mol. The molecule has 0 heterocycles. The summed E-state index contributed by atoms with van der Waals surface area (Å²) in [6, 6.07) is 5.08. The number of nitrogens with one attached hydrogen (secondary N) is 1. The van der Waals surface area contributed by atoms with Gasteiger partial charge in [0.05, 0.1) is 13.7 Å². The van der Waals surface area contributed by atoms with E-state index in [0.29, 0.717) is 5.56 Å². The second-order valence-electron chi connectivity index (χ2n) is 4.88. The number of ether oxygens (including phenoxy) is 1. The normalized spacial score (nSPS) is 14.8. The van der Waals surface area contributed by atoms with Crippen LogP contribution in [-0.4, -0.2) is 25.8 Å². The van der Waals surface area contributed by atoms with E-state index >= 15 is 0 Å². The Kier molecular flexibility index (Phi) is 4.81. The number of carbonyl (C=O) groups is 1. The standard InChI is InChI=1S/C14H18F3NO2/c1-9-5-6-11(7-10(9)2)13(3,12(19)20-4)18-8-14(15,16)17/h5-7,18H,8H2,1-4H3. The summed E-state index contributed by atoms with van der Waals surface area (Å²) in [5, 5.41) is 2.25. The van der Waals surface area contributed by atoms with Crippen LogP contribution >= 0.6 is 0 Å². The third-order valence-corrected chi connectivity index (χ3v) is 3.32. The third-order valence-electron chi connectivity index (χ3n) is 3.32. The van der Waals surface area contributed by atoms with Gasteiger partial charge in [0.25, 0.3) is 0 Å². The number of halogens is 3. The van der Waals surface area contributed by atoms with Gasteiger partial charge < -0.3 is 4.74 Å². The van der Waals surface area contributed by atoms with Gasteiger partial charge in [-0.15, -0.1) is 0 Å². The van der Waals surface area contributed by atoms with Crippen molar-refractivity contribution in [2.45, 2.75) is 32.5 Å². The molecule has 1 N–H and O–H groups in total. The van der Waals surface area contributed by atoms with E-state index in [1.807, 2.05) is 13.8 Å². The van der Waals surface area contributed by atoms with E-state index in [2.05, 4.69) is 10.1 Å². The molecule has 0 aliphatic heterocycles. The Hall–Kier alpha value is -1.56. The first-order valence-corrected chi connectivity index (χ1v) is 6.08. The van der Waals surface area contributed by atoms with Crippen LogP contribution in [0.15, 0.2) is 18.2 Å². The molecule has 0 aliphatic carbocycles. The van der Waals surface area contributed by atoms with E-state index < -0.39 is 24.2 Å². The van der Waals surface area contributed by atoms with Crippen LogP contribution in [0.1, 0.15) is 23.6 Å². The minimum absolute atomic E-state index is 0.441. The molecule has 1 rings (SSSR count). The lowest BCUT2D eigenvalue weighted by Gasteiger charge is -2.29. The van der Waals surface area contributed by atoms with Crippen molar-refractivity contribution in [3.63, 3.8) is 0 Å². The van der Waals surface area contributed by atoms with Gasteiger partial charge in [-0.3, -0.25) is 5.32 Å². The number of hydrogen-bond donors (Lipinski definition) is 1. The first-order chi connectivity index (χ1) is 9.10. The van der Waals surface area contributed by atoms with Crippen LogP contribution in [0.2, 0.25) is 0 Å². The summed E-state index contributed by atoms with van der Waals surface area (Å²) in [6.45, 7) is 3.83. The molecule has 1 aromatic rings. The Morgan fingerprint density at radius 3 is 2.30 bits per heavy atom. The summed E-state index contributed by atoms with van der Waals surface area (Å²) in [5.41, 5.74) is 0.794. The minimum Gasteiger partial charge on any atom is -0.467 e. The highest BCUT2D eigenvalue weighted by atomic mass is 19.4. The second-order valence-corrected chi connectivity index (χ2v) is 4.88. The Morgan fingerprint density at radius 1 is 1.25 bits per heavy atom. The highest BCUT2D eigenvalue weighted by molar-refractivity contribution is 5.82. The van der Waals surface area contributed by atoms with Crippen molar-refractivity contribution in [3.05, 3.63) is 34.9 Å². The lowest BCUT2D eigenvalue weighted by atomic mass is 9.89. The molecule has 20 heavy (non-hydrogen) atoms. The molecule has 0 aliphatic rings. The highest BCUT2D eigenvalue weighted by Gasteiger charge is 2.40. The predicted molar refractivity (Wildman–Crippen MR) is 69.3 cm³/mol. The van der Waals surface area contributed by atoms with Gasteiger partial charge >= 0.3 is 12.1 Å². The molecule has 0 aromatic heterocycles. The summed E-state index contributed by atoms with van der Waals surface area (Å²) in [7, 11) is 1.15. The molecule has 6 heteroatoms. The maximum atomic E-state index is 12.4. The fourth-order valence-corrected chi connectivity index (χ4v) is 1.83. The maximum absolute atomic E-state index is 12.4. The molecule has 0 bridgehead atoms. The quantitative estimate of drug-likeness (QED) is 0.866. The van der Waals surface area contributed by atoms with Crippen molar-refractivity contribution < 1.29 is 22.7 Å². The zero-order valence-corrected chi connectivity index (χ0v) is 11.9. The molecule has 1 aromatic carbocycles. The van der Waals surface area contributed by atoms with Crippen molar-refractivity contribution >= 4 is 5.97 Å². The predicted octanol–water partition coefficient (Wildman–Crippen LogP) is 2.84. The molecule has 0 saturated heterocycles. The lowest BCUT2D eigenvalue weighted by molar-refractivity contribution is -0.153. The molecule has 0 spiro atoms. The van der Waals surface area contributed by atoms with E-state index in [4.69, 9.17) is 0 Å². The van der Waals surface area contributed by atoms with Gasteiger partial charge in [0.1, 0.15) is 5.54 Å². The van der Waals surface area contributed by atoms with Crippen LogP contribution < -0.4 is 5.32 Å². The molecular formula is C14H18F3NO2. The smallest absolute Gasteiger partial charge is 0.401 e. The number of rotatable bonds is 4. The Labute approximate surface area is 116 Å². The van der Waals surface area contributed by atoms with Gasteiger partial charge in [0, 0.05) is 0 Å². The second kappa shape index (κ2) is 5.83. The molecule has 0 fully saturated rings. The summed E-state index contributed by atoms with van der Waals surface area (Å²) in [6.07, 6.45) is -4.41. The van der Waals surface area contributed by atoms with Gasteiger partial charge in [-0.25, -0.2) is 4.79 Å². The SMILES string of the molecule is COC(=O)C(C)(NCC(F)(F)F)c1ccc(C)c(C)c1. The average Bonchev–Trinajstić information content (AvgIpc) is 2.37. The summed E-state index contributed by atoms with van der Waals surface area (Å²) in [4.78, 5) is 11.9. The first kappa shape index (κ1) is 16.5. The zero-order valence-electron chi connectivity index (χ0n) is 11.9. The van der Waals surface area contributed by atoms with Crippen LogP contribution in [0.25, 0.3) is 0 Å². The van der Waals surface area contributed by atoms with Crippen LogP contribution in [0.3, 0.4) is 0 Å². The minimum atomic E-state index is -4.41. The van der Waals surface area contributed by atoms with E-state index in [9.17, 15) is 18.0 Å². The third kappa shape index (κ3) is 3.72. The van der Waals surface area contributed by atoms with Gasteiger partial charge in [0.15, 0.2) is 0 Å². The molecule has 3 nitrogen and oxygen atoms in total.